The van der Waals surface area contributed by atoms with Crippen LogP contribution < -0.4 is 10.1 Å². The molecule has 1 N–H and O–H groups in total. The van der Waals surface area contributed by atoms with Crippen molar-refractivity contribution >= 4 is 5.91 Å². The van der Waals surface area contributed by atoms with Gasteiger partial charge in [0.1, 0.15) is 18.0 Å². The van der Waals surface area contributed by atoms with Gasteiger partial charge in [0.25, 0.3) is 0 Å². The molecule has 1 aromatic heterocycles. The van der Waals surface area contributed by atoms with Gasteiger partial charge in [-0.1, -0.05) is 12.1 Å². The van der Waals surface area contributed by atoms with Crippen LogP contribution in [0.1, 0.15) is 70.7 Å². The summed E-state index contributed by atoms with van der Waals surface area (Å²) in [4.78, 5) is 18.0. The van der Waals surface area contributed by atoms with Crippen molar-refractivity contribution in [3.8, 4) is 5.75 Å². The van der Waals surface area contributed by atoms with E-state index in [1.54, 1.807) is 24.0 Å². The average Bonchev–Trinajstić information content (AvgIpc) is 3.40. The number of carbonyl (C=O) groups excluding carboxylic acids is 1. The van der Waals surface area contributed by atoms with Crippen LogP contribution in [0.15, 0.2) is 24.3 Å². The monoisotopic (exact) mass is 520 g/mol. The van der Waals surface area contributed by atoms with Crippen LogP contribution in [0.5, 0.6) is 5.75 Å². The lowest BCUT2D eigenvalue weighted by Gasteiger charge is -2.43. The van der Waals surface area contributed by atoms with Crippen molar-refractivity contribution in [3.05, 3.63) is 46.8 Å². The van der Waals surface area contributed by atoms with Crippen LogP contribution in [0.4, 0.5) is 13.2 Å². The van der Waals surface area contributed by atoms with Crippen LogP contribution >= 0.6 is 0 Å². The Hall–Kier alpha value is -2.59. The molecule has 0 spiro atoms. The minimum absolute atomic E-state index is 0.0215. The van der Waals surface area contributed by atoms with Gasteiger partial charge < -0.3 is 15.0 Å². The minimum Gasteiger partial charge on any atom is -0.496 e. The third kappa shape index (κ3) is 4.41. The predicted octanol–water partition coefficient (Wildman–Crippen LogP) is 3.87. The van der Waals surface area contributed by atoms with Crippen molar-refractivity contribution < 1.29 is 26.8 Å². The van der Waals surface area contributed by atoms with Crippen molar-refractivity contribution in [2.45, 2.75) is 81.8 Å². The minimum atomic E-state index is -4.62. The van der Waals surface area contributed by atoms with Crippen molar-refractivity contribution in [3.63, 3.8) is 0 Å². The fourth-order valence-corrected chi connectivity index (χ4v) is 6.74. The second-order valence-corrected chi connectivity index (χ2v) is 10.8. The van der Waals surface area contributed by atoms with E-state index in [-0.39, 0.29) is 17.7 Å². The summed E-state index contributed by atoms with van der Waals surface area (Å²) < 4.78 is 70.5. The van der Waals surface area contributed by atoms with E-state index in [2.05, 4.69) is 15.3 Å². The Morgan fingerprint density at radius 2 is 1.95 bits per heavy atom. The van der Waals surface area contributed by atoms with Crippen LogP contribution in [0.25, 0.3) is 0 Å². The first-order valence-electron chi connectivity index (χ1n) is 14.6. The Morgan fingerprint density at radius 1 is 1.19 bits per heavy atom. The molecule has 1 aliphatic carbocycles. The Balaban J connectivity index is 1.35. The van der Waals surface area contributed by atoms with Crippen molar-refractivity contribution in [2.75, 3.05) is 26.7 Å². The van der Waals surface area contributed by atoms with Gasteiger partial charge in [0.2, 0.25) is 5.91 Å². The Kier molecular flexibility index (Phi) is 5.37. The van der Waals surface area contributed by atoms with Crippen molar-refractivity contribution in [1.29, 1.82) is 0 Å². The molecule has 4 aliphatic rings. The van der Waals surface area contributed by atoms with Gasteiger partial charge in [0.05, 0.1) is 22.9 Å². The number of ether oxygens (including phenoxy) is 1. The summed E-state index contributed by atoms with van der Waals surface area (Å²) in [5.74, 6) is -0.208. The molecule has 1 amide bonds. The molecule has 200 valence electrons. The number of amides is 1. The van der Waals surface area contributed by atoms with Gasteiger partial charge in [0, 0.05) is 43.7 Å². The van der Waals surface area contributed by atoms with E-state index >= 15 is 0 Å². The zero-order valence-electron chi connectivity index (χ0n) is 23.8. The number of fused-ring (bicyclic) bond motifs is 2. The molecule has 1 saturated carbocycles. The molecule has 6 rings (SSSR count). The highest BCUT2D eigenvalue weighted by atomic mass is 19.4. The number of rotatable bonds is 6. The topological polar surface area (TPSA) is 62.6 Å². The number of aromatic nitrogens is 2. The van der Waals surface area contributed by atoms with Crippen LogP contribution in [0.3, 0.4) is 0 Å². The molecule has 2 aromatic rings. The number of carbonyl (C=O) groups is 1. The molecule has 10 heteroatoms. The first-order chi connectivity index (χ1) is 18.9. The van der Waals surface area contributed by atoms with E-state index in [9.17, 15) is 18.0 Å². The molecule has 3 saturated heterocycles. The standard InChI is InChI=1S/C27H34F3N5O2/c1-16-20(4-3-5-23(16)37-2)26-22(35-18-8-9-19(35)14-31-13-18)10-11-33(26)25(36)15-34-24(27(28,29)30)12-21(32-34)17-6-7-17/h3-5,12,17-19,22,26,31H,6-11,13-15H2,1-2H3/t18?,19?,22-,26-/m0/s1/i2D3. The number of methoxy groups -OCH3 is 1. The van der Waals surface area contributed by atoms with E-state index < -0.39 is 37.4 Å². The molecule has 0 radical (unpaired) electrons. The number of nitrogens with one attached hydrogen (secondary N) is 1. The highest BCUT2D eigenvalue weighted by Gasteiger charge is 2.49. The van der Waals surface area contributed by atoms with Gasteiger partial charge in [-0.2, -0.15) is 18.3 Å². The Labute approximate surface area is 219 Å². The van der Waals surface area contributed by atoms with Crippen LogP contribution in [-0.4, -0.2) is 70.3 Å². The lowest BCUT2D eigenvalue weighted by atomic mass is 9.92. The molecule has 2 unspecified atom stereocenters. The molecule has 2 bridgehead atoms. The second kappa shape index (κ2) is 9.31. The van der Waals surface area contributed by atoms with E-state index in [0.717, 1.165) is 55.1 Å². The predicted molar refractivity (Wildman–Crippen MR) is 131 cm³/mol. The summed E-state index contributed by atoms with van der Waals surface area (Å²) in [6.07, 6.45) is -0.251. The maximum Gasteiger partial charge on any atom is 0.433 e. The van der Waals surface area contributed by atoms with Gasteiger partial charge in [-0.05, 0) is 62.3 Å². The Bertz CT molecular complexity index is 1260. The molecular formula is C27H34F3N5O2. The average molecular weight is 521 g/mol. The maximum atomic E-state index is 13.9. The van der Waals surface area contributed by atoms with Gasteiger partial charge in [-0.15, -0.1) is 0 Å². The molecule has 4 heterocycles. The quantitative estimate of drug-likeness (QED) is 0.627. The molecule has 1 aromatic carbocycles. The van der Waals surface area contributed by atoms with Gasteiger partial charge >= 0.3 is 6.18 Å². The number of nitrogens with zero attached hydrogens (tertiary/aromatic N) is 4. The number of benzene rings is 1. The van der Waals surface area contributed by atoms with Crippen molar-refractivity contribution in [1.82, 2.24) is 24.9 Å². The molecule has 3 aliphatic heterocycles. The van der Waals surface area contributed by atoms with Gasteiger partial charge in [0.15, 0.2) is 0 Å². The lowest BCUT2D eigenvalue weighted by molar-refractivity contribution is -0.146. The number of hydrogen-bond donors (Lipinski definition) is 1. The molecular weight excluding hydrogens is 483 g/mol. The van der Waals surface area contributed by atoms with Gasteiger partial charge in [-0.3, -0.25) is 14.4 Å². The van der Waals surface area contributed by atoms with E-state index in [1.807, 2.05) is 6.07 Å². The largest absolute Gasteiger partial charge is 0.496 e. The summed E-state index contributed by atoms with van der Waals surface area (Å²) in [6.45, 7) is 3.35. The molecule has 4 fully saturated rings. The Morgan fingerprint density at radius 3 is 2.62 bits per heavy atom. The fraction of sp³-hybridized carbons (Fsp3) is 0.630. The first kappa shape index (κ1) is 21.4. The summed E-state index contributed by atoms with van der Waals surface area (Å²) in [6, 6.07) is 6.37. The van der Waals surface area contributed by atoms with Crippen LogP contribution in [-0.2, 0) is 17.5 Å². The summed E-state index contributed by atoms with van der Waals surface area (Å²) in [5.41, 5.74) is 0.853. The third-order valence-corrected chi connectivity index (χ3v) is 8.63. The highest BCUT2D eigenvalue weighted by Crippen LogP contribution is 2.44. The fourth-order valence-electron chi connectivity index (χ4n) is 6.74. The van der Waals surface area contributed by atoms with E-state index in [1.165, 1.54) is 0 Å². The zero-order chi connectivity index (χ0) is 28.4. The lowest BCUT2D eigenvalue weighted by Crippen LogP contribution is -2.57. The number of halogens is 3. The number of likely N-dealkylation sites (tertiary alicyclic amines) is 1. The molecule has 7 nitrogen and oxygen atoms in total. The number of hydrogen-bond acceptors (Lipinski definition) is 5. The normalized spacial score (nSPS) is 29.7. The summed E-state index contributed by atoms with van der Waals surface area (Å²) >= 11 is 0. The van der Waals surface area contributed by atoms with E-state index in [0.29, 0.717) is 36.3 Å². The van der Waals surface area contributed by atoms with E-state index in [4.69, 9.17) is 8.85 Å². The third-order valence-electron chi connectivity index (χ3n) is 8.63. The summed E-state index contributed by atoms with van der Waals surface area (Å²) in [7, 11) is -2.64. The molecule has 4 atom stereocenters. The summed E-state index contributed by atoms with van der Waals surface area (Å²) in [5, 5.41) is 7.69. The number of alkyl halides is 3. The zero-order valence-corrected chi connectivity index (χ0v) is 20.8. The van der Waals surface area contributed by atoms with Crippen LogP contribution in [0, 0.1) is 6.92 Å². The SMILES string of the molecule is [2H]C([2H])([2H])Oc1cccc([C@H]2[C@@H](N3C4CCC3CNC4)CCN2C(=O)Cn2nc(C3CC3)cc2C(F)(F)F)c1C. The van der Waals surface area contributed by atoms with Crippen molar-refractivity contribution in [2.24, 2.45) is 0 Å². The first-order valence-corrected chi connectivity index (χ1v) is 13.1. The number of piperazine rings is 1. The molecule has 37 heavy (non-hydrogen) atoms. The second-order valence-electron chi connectivity index (χ2n) is 10.8. The highest BCUT2D eigenvalue weighted by molar-refractivity contribution is 5.77. The maximum absolute atomic E-state index is 13.9. The smallest absolute Gasteiger partial charge is 0.433 e. The van der Waals surface area contributed by atoms with Crippen LogP contribution in [0.2, 0.25) is 0 Å². The van der Waals surface area contributed by atoms with Gasteiger partial charge in [-0.25, -0.2) is 0 Å².